The summed E-state index contributed by atoms with van der Waals surface area (Å²) >= 11 is 0. The summed E-state index contributed by atoms with van der Waals surface area (Å²) in [6.07, 6.45) is 0.457. The molecule has 1 amide bonds. The van der Waals surface area contributed by atoms with Crippen LogP contribution in [0, 0.1) is 13.8 Å². The zero-order chi connectivity index (χ0) is 21.5. The number of carbonyl (C=O) groups excluding carboxylic acids is 1. The first kappa shape index (κ1) is 20.2. The second-order valence-corrected chi connectivity index (χ2v) is 9.65. The number of sulfone groups is 1. The van der Waals surface area contributed by atoms with Crippen molar-refractivity contribution >= 4 is 21.6 Å². The molecule has 1 aliphatic heterocycles. The maximum absolute atomic E-state index is 12.8. The molecule has 1 aromatic carbocycles. The van der Waals surface area contributed by atoms with Gasteiger partial charge in [0.15, 0.2) is 9.84 Å². The van der Waals surface area contributed by atoms with Gasteiger partial charge < -0.3 is 14.5 Å². The molecule has 9 heteroatoms. The number of amides is 1. The third-order valence-electron chi connectivity index (χ3n) is 5.20. The lowest BCUT2D eigenvalue weighted by Gasteiger charge is -2.13. The van der Waals surface area contributed by atoms with Crippen molar-refractivity contribution in [3.63, 3.8) is 0 Å². The maximum Gasteiger partial charge on any atom is 0.260 e. The molecular formula is C21H23N3O5S. The Labute approximate surface area is 174 Å². The second-order valence-electron chi connectivity index (χ2n) is 7.43. The molecule has 0 aliphatic carbocycles. The van der Waals surface area contributed by atoms with E-state index in [0.29, 0.717) is 35.0 Å². The first-order valence-electron chi connectivity index (χ1n) is 9.58. The summed E-state index contributed by atoms with van der Waals surface area (Å²) in [6.45, 7) is 3.50. The first-order chi connectivity index (χ1) is 14.3. The average Bonchev–Trinajstić information content (AvgIpc) is 3.38. The zero-order valence-corrected chi connectivity index (χ0v) is 17.8. The van der Waals surface area contributed by atoms with Crippen molar-refractivity contribution in [1.82, 2.24) is 9.78 Å². The molecule has 1 aliphatic rings. The highest BCUT2D eigenvalue weighted by molar-refractivity contribution is 7.91. The quantitative estimate of drug-likeness (QED) is 0.667. The van der Waals surface area contributed by atoms with Gasteiger partial charge in [-0.25, -0.2) is 13.1 Å². The van der Waals surface area contributed by atoms with Gasteiger partial charge in [0, 0.05) is 11.6 Å². The van der Waals surface area contributed by atoms with Gasteiger partial charge in [-0.15, -0.1) is 0 Å². The van der Waals surface area contributed by atoms with Crippen LogP contribution in [0.3, 0.4) is 0 Å². The van der Waals surface area contributed by atoms with Crippen LogP contribution in [-0.4, -0.2) is 42.7 Å². The maximum atomic E-state index is 12.8. The molecule has 1 N–H and O–H groups in total. The van der Waals surface area contributed by atoms with Gasteiger partial charge in [-0.2, -0.15) is 5.10 Å². The van der Waals surface area contributed by atoms with E-state index in [2.05, 4.69) is 10.4 Å². The number of aromatic nitrogens is 2. The number of nitrogens with zero attached hydrogens (tertiary/aromatic N) is 2. The number of rotatable bonds is 5. The minimum atomic E-state index is -3.11. The van der Waals surface area contributed by atoms with Crippen LogP contribution < -0.4 is 10.1 Å². The van der Waals surface area contributed by atoms with Crippen LogP contribution in [0.2, 0.25) is 0 Å². The number of methoxy groups -OCH3 is 1. The fraction of sp³-hybridized carbons (Fsp3) is 0.333. The van der Waals surface area contributed by atoms with Crippen molar-refractivity contribution in [1.29, 1.82) is 0 Å². The van der Waals surface area contributed by atoms with Gasteiger partial charge in [0.25, 0.3) is 5.91 Å². The molecule has 8 nitrogen and oxygen atoms in total. The number of benzene rings is 1. The zero-order valence-electron chi connectivity index (χ0n) is 17.0. The number of hydrogen-bond donors (Lipinski definition) is 1. The van der Waals surface area contributed by atoms with Crippen LogP contribution in [0.1, 0.15) is 34.3 Å². The van der Waals surface area contributed by atoms with E-state index in [1.165, 1.54) is 0 Å². The molecule has 0 unspecified atom stereocenters. The molecule has 3 aromatic rings. The van der Waals surface area contributed by atoms with E-state index in [1.54, 1.807) is 37.8 Å². The van der Waals surface area contributed by atoms with Crippen molar-refractivity contribution in [2.24, 2.45) is 0 Å². The van der Waals surface area contributed by atoms with E-state index in [-0.39, 0.29) is 23.5 Å². The minimum Gasteiger partial charge on any atom is -0.497 e. The van der Waals surface area contributed by atoms with Crippen molar-refractivity contribution in [3.8, 4) is 17.0 Å². The molecule has 1 atom stereocenters. The van der Waals surface area contributed by atoms with E-state index < -0.39 is 9.84 Å². The molecular weight excluding hydrogens is 406 g/mol. The number of anilines is 1. The summed E-state index contributed by atoms with van der Waals surface area (Å²) < 4.78 is 36.3. The Morgan fingerprint density at radius 2 is 1.97 bits per heavy atom. The Morgan fingerprint density at radius 3 is 2.53 bits per heavy atom. The van der Waals surface area contributed by atoms with E-state index >= 15 is 0 Å². The Kier molecular flexibility index (Phi) is 5.15. The summed E-state index contributed by atoms with van der Waals surface area (Å²) in [5, 5.41) is 7.51. The van der Waals surface area contributed by atoms with Gasteiger partial charge in [-0.05, 0) is 50.6 Å². The highest BCUT2D eigenvalue weighted by Gasteiger charge is 2.32. The SMILES string of the molecule is COc1ccc(-c2cc(NC(=O)c3cc(C)oc3C)n([C@H]3CCS(=O)(=O)C3)n2)cc1. The molecule has 30 heavy (non-hydrogen) atoms. The third kappa shape index (κ3) is 3.97. The van der Waals surface area contributed by atoms with Gasteiger partial charge in [-0.1, -0.05) is 0 Å². The smallest absolute Gasteiger partial charge is 0.260 e. The lowest BCUT2D eigenvalue weighted by Crippen LogP contribution is -2.19. The van der Waals surface area contributed by atoms with Gasteiger partial charge >= 0.3 is 0 Å². The standard InChI is InChI=1S/C21H23N3O5S/c1-13-10-18(14(2)29-13)21(25)22-20-11-19(15-4-6-17(28-3)7-5-15)23-24(20)16-8-9-30(26,27)12-16/h4-7,10-11,16H,8-9,12H2,1-3H3,(H,22,25)/t16-/m0/s1. The fourth-order valence-corrected chi connectivity index (χ4v) is 5.37. The van der Waals surface area contributed by atoms with Crippen molar-refractivity contribution < 1.29 is 22.4 Å². The van der Waals surface area contributed by atoms with Crippen molar-refractivity contribution in [2.75, 3.05) is 23.9 Å². The number of ether oxygens (including phenoxy) is 1. The molecule has 3 heterocycles. The topological polar surface area (TPSA) is 103 Å². The van der Waals surface area contributed by atoms with E-state index in [9.17, 15) is 13.2 Å². The first-order valence-corrected chi connectivity index (χ1v) is 11.4. The van der Waals surface area contributed by atoms with E-state index in [1.807, 2.05) is 24.3 Å². The van der Waals surface area contributed by atoms with Gasteiger partial charge in [0.1, 0.15) is 23.1 Å². The number of nitrogens with one attached hydrogen (secondary N) is 1. The van der Waals surface area contributed by atoms with Gasteiger partial charge in [-0.3, -0.25) is 4.79 Å². The molecule has 0 bridgehead atoms. The highest BCUT2D eigenvalue weighted by Crippen LogP contribution is 2.31. The van der Waals surface area contributed by atoms with Crippen molar-refractivity contribution in [3.05, 3.63) is 53.5 Å². The number of carbonyl (C=O) groups is 1. The van der Waals surface area contributed by atoms with E-state index in [4.69, 9.17) is 9.15 Å². The normalized spacial score (nSPS) is 17.8. The van der Waals surface area contributed by atoms with Gasteiger partial charge in [0.2, 0.25) is 0 Å². The molecule has 0 saturated carbocycles. The molecule has 0 spiro atoms. The predicted molar refractivity (Wildman–Crippen MR) is 113 cm³/mol. The van der Waals surface area contributed by atoms with Crippen LogP contribution in [-0.2, 0) is 9.84 Å². The monoisotopic (exact) mass is 429 g/mol. The summed E-state index contributed by atoms with van der Waals surface area (Å²) in [6, 6.07) is 10.5. The highest BCUT2D eigenvalue weighted by atomic mass is 32.2. The summed E-state index contributed by atoms with van der Waals surface area (Å²) in [5.74, 6) is 2.13. The summed E-state index contributed by atoms with van der Waals surface area (Å²) in [5.41, 5.74) is 1.91. The summed E-state index contributed by atoms with van der Waals surface area (Å²) in [4.78, 5) is 12.8. The van der Waals surface area contributed by atoms with E-state index in [0.717, 1.165) is 11.3 Å². The number of hydrogen-bond acceptors (Lipinski definition) is 6. The van der Waals surface area contributed by atoms with Crippen LogP contribution in [0.4, 0.5) is 5.82 Å². The predicted octanol–water partition coefficient (Wildman–Crippen LogP) is 3.38. The van der Waals surface area contributed by atoms with Crippen molar-refractivity contribution in [2.45, 2.75) is 26.3 Å². The largest absolute Gasteiger partial charge is 0.497 e. The van der Waals surface area contributed by atoms with Gasteiger partial charge in [0.05, 0.1) is 35.9 Å². The molecule has 158 valence electrons. The van der Waals surface area contributed by atoms with Crippen LogP contribution >= 0.6 is 0 Å². The molecule has 0 radical (unpaired) electrons. The van der Waals surface area contributed by atoms with Crippen LogP contribution in [0.25, 0.3) is 11.3 Å². The number of aryl methyl sites for hydroxylation is 2. The lowest BCUT2D eigenvalue weighted by atomic mass is 10.1. The molecule has 1 saturated heterocycles. The Balaban J connectivity index is 1.70. The lowest BCUT2D eigenvalue weighted by molar-refractivity contribution is 0.102. The minimum absolute atomic E-state index is 0.00342. The van der Waals surface area contributed by atoms with Crippen LogP contribution in [0.5, 0.6) is 5.75 Å². The Morgan fingerprint density at radius 1 is 1.23 bits per heavy atom. The average molecular weight is 429 g/mol. The molecule has 4 rings (SSSR count). The molecule has 1 fully saturated rings. The second kappa shape index (κ2) is 7.64. The fourth-order valence-electron chi connectivity index (χ4n) is 3.68. The molecule has 2 aromatic heterocycles. The van der Waals surface area contributed by atoms with Crippen LogP contribution in [0.15, 0.2) is 40.8 Å². The number of furan rings is 1. The summed E-state index contributed by atoms with van der Waals surface area (Å²) in [7, 11) is -1.52. The Bertz CT molecular complexity index is 1190. The third-order valence-corrected chi connectivity index (χ3v) is 6.95. The Hall–Kier alpha value is -3.07.